The first-order valence-electron chi connectivity index (χ1n) is 8.10. The fourth-order valence-corrected chi connectivity index (χ4v) is 4.09. The third-order valence-corrected chi connectivity index (χ3v) is 5.20. The molecule has 0 aromatic carbocycles. The van der Waals surface area contributed by atoms with E-state index >= 15 is 0 Å². The molecular weight excluding hydrogens is 350 g/mol. The highest BCUT2D eigenvalue weighted by atomic mass is 16.6. The molecule has 13 nitrogen and oxygen atoms in total. The Kier molecular flexibility index (Phi) is 4.44. The van der Waals surface area contributed by atoms with Gasteiger partial charge in [-0.2, -0.15) is 0 Å². The van der Waals surface area contributed by atoms with Gasteiger partial charge in [0.2, 0.25) is 5.91 Å². The zero-order chi connectivity index (χ0) is 19.3. The molecular formula is C13H25N7O6+2. The Morgan fingerprint density at radius 1 is 1.42 bits per heavy atom. The van der Waals surface area contributed by atoms with Crippen LogP contribution in [0.4, 0.5) is 0 Å². The molecule has 0 radical (unpaired) electrons. The number of aliphatic hydroxyl groups excluding tert-OH is 2. The molecule has 0 aromatic heterocycles. The summed E-state index contributed by atoms with van der Waals surface area (Å²) in [5.74, 6) is -2.91. The van der Waals surface area contributed by atoms with Crippen LogP contribution in [-0.4, -0.2) is 104 Å². The van der Waals surface area contributed by atoms with E-state index in [9.17, 15) is 25.2 Å². The molecule has 3 aliphatic rings. The van der Waals surface area contributed by atoms with Crippen LogP contribution in [0.25, 0.3) is 0 Å². The van der Waals surface area contributed by atoms with Crippen LogP contribution < -0.4 is 27.6 Å². The Labute approximate surface area is 148 Å². The molecule has 26 heavy (non-hydrogen) atoms. The number of hydrogen-bond donors (Lipinski definition) is 9. The maximum atomic E-state index is 11.7. The van der Waals surface area contributed by atoms with E-state index in [0.717, 1.165) is 0 Å². The van der Waals surface area contributed by atoms with Gasteiger partial charge in [0.05, 0.1) is 26.7 Å². The van der Waals surface area contributed by atoms with Crippen molar-refractivity contribution in [3.05, 3.63) is 0 Å². The van der Waals surface area contributed by atoms with Crippen molar-refractivity contribution in [2.24, 2.45) is 11.5 Å². The van der Waals surface area contributed by atoms with E-state index in [4.69, 9.17) is 11.5 Å². The second-order valence-corrected chi connectivity index (χ2v) is 6.57. The van der Waals surface area contributed by atoms with E-state index in [-0.39, 0.29) is 31.4 Å². The van der Waals surface area contributed by atoms with Crippen LogP contribution in [0.15, 0.2) is 0 Å². The predicted octanol–water partition coefficient (Wildman–Crippen LogP) is -6.60. The van der Waals surface area contributed by atoms with Gasteiger partial charge in [0.25, 0.3) is 11.4 Å². The van der Waals surface area contributed by atoms with Gasteiger partial charge in [-0.25, -0.2) is 15.4 Å². The van der Waals surface area contributed by atoms with E-state index in [1.165, 1.54) is 16.3 Å². The van der Waals surface area contributed by atoms with Gasteiger partial charge in [-0.3, -0.25) is 31.0 Å². The minimum atomic E-state index is -2.62. The highest BCUT2D eigenvalue weighted by Gasteiger charge is 2.79. The van der Waals surface area contributed by atoms with Crippen molar-refractivity contribution >= 4 is 17.8 Å². The Morgan fingerprint density at radius 2 is 2.12 bits per heavy atom. The third-order valence-electron chi connectivity index (χ3n) is 5.20. The lowest BCUT2D eigenvalue weighted by Crippen LogP contribution is -2.79. The van der Waals surface area contributed by atoms with Crippen molar-refractivity contribution in [1.82, 2.24) is 16.1 Å². The lowest BCUT2D eigenvalue weighted by molar-refractivity contribution is -0.688. The second kappa shape index (κ2) is 6.21. The molecule has 0 bridgehead atoms. The molecule has 1 spiro atoms. The van der Waals surface area contributed by atoms with Crippen LogP contribution in [0.1, 0.15) is 6.42 Å². The summed E-state index contributed by atoms with van der Waals surface area (Å²) < 4.78 is 2.90. The number of amides is 1. The van der Waals surface area contributed by atoms with Crippen LogP contribution in [0, 0.1) is 0 Å². The first-order chi connectivity index (χ1) is 12.2. The standard InChI is InChI=1S/C13H23N7O6/c1-26-18-8(23)2-3-19-9-6(5-21)16-10(14)20-4-7(22)13(24,25)12(9,20)17-11(19)15/h6-7,9,21-22,24-25H,2-5H2,1H3,(H5,14,15,16,17,18,23)/p+2/t6-,7+,9?,12?/m0/s1. The van der Waals surface area contributed by atoms with Crippen molar-refractivity contribution < 1.29 is 39.2 Å². The number of nitrogens with zero attached hydrogens (tertiary/aromatic N) is 2. The number of carbonyl (C=O) groups is 1. The van der Waals surface area contributed by atoms with Crippen LogP contribution >= 0.6 is 0 Å². The zero-order valence-corrected chi connectivity index (χ0v) is 14.2. The van der Waals surface area contributed by atoms with Gasteiger partial charge in [0.15, 0.2) is 6.04 Å². The van der Waals surface area contributed by atoms with Crippen LogP contribution in [0.2, 0.25) is 0 Å². The molecule has 1 saturated heterocycles. The number of aliphatic hydroxyl groups is 4. The van der Waals surface area contributed by atoms with Gasteiger partial charge in [-0.15, -0.1) is 0 Å². The Balaban J connectivity index is 2.01. The molecule has 3 aliphatic heterocycles. The number of hydroxylamine groups is 1. The molecule has 11 N–H and O–H groups in total. The largest absolute Gasteiger partial charge is 0.393 e. The fraction of sp³-hybridized carbons (Fsp3) is 0.769. The number of nitrogens with one attached hydrogen (secondary N) is 3. The molecule has 1 amide bonds. The lowest BCUT2D eigenvalue weighted by atomic mass is 9.85. The fourth-order valence-electron chi connectivity index (χ4n) is 4.09. The maximum absolute atomic E-state index is 11.7. The molecule has 0 aliphatic carbocycles. The van der Waals surface area contributed by atoms with Gasteiger partial charge in [0.1, 0.15) is 18.7 Å². The molecule has 0 aromatic rings. The highest BCUT2D eigenvalue weighted by molar-refractivity contribution is 5.79. The van der Waals surface area contributed by atoms with Crippen molar-refractivity contribution in [2.45, 2.75) is 36.1 Å². The Bertz CT molecular complexity index is 680. The van der Waals surface area contributed by atoms with Gasteiger partial charge < -0.3 is 20.4 Å². The summed E-state index contributed by atoms with van der Waals surface area (Å²) >= 11 is 0. The maximum Gasteiger partial charge on any atom is 0.347 e. The van der Waals surface area contributed by atoms with Gasteiger partial charge >= 0.3 is 11.9 Å². The van der Waals surface area contributed by atoms with Gasteiger partial charge in [0, 0.05) is 0 Å². The van der Waals surface area contributed by atoms with E-state index in [2.05, 4.69) is 21.0 Å². The highest BCUT2D eigenvalue weighted by Crippen LogP contribution is 2.40. The van der Waals surface area contributed by atoms with Crippen LogP contribution in [0.3, 0.4) is 0 Å². The molecule has 146 valence electrons. The predicted molar refractivity (Wildman–Crippen MR) is 85.3 cm³/mol. The normalized spacial score (nSPS) is 34.9. The number of guanidine groups is 2. The zero-order valence-electron chi connectivity index (χ0n) is 14.2. The van der Waals surface area contributed by atoms with Crippen molar-refractivity contribution in [2.75, 3.05) is 26.8 Å². The summed E-state index contributed by atoms with van der Waals surface area (Å²) in [7, 11) is 1.31. The quantitative estimate of drug-likeness (QED) is 0.126. The minimum Gasteiger partial charge on any atom is -0.393 e. The van der Waals surface area contributed by atoms with Gasteiger partial charge in [-0.1, -0.05) is 0 Å². The topological polar surface area (TPSA) is 201 Å². The summed E-state index contributed by atoms with van der Waals surface area (Å²) in [6.07, 6.45) is -1.55. The number of carbonyl (C=O) groups excluding carboxylic acids is 1. The summed E-state index contributed by atoms with van der Waals surface area (Å²) in [6.45, 7) is -0.472. The lowest BCUT2D eigenvalue weighted by Gasteiger charge is -2.41. The molecule has 2 unspecified atom stereocenters. The smallest absolute Gasteiger partial charge is 0.347 e. The Hall–Kier alpha value is -2.19. The molecule has 1 fully saturated rings. The Morgan fingerprint density at radius 3 is 2.73 bits per heavy atom. The SMILES string of the molecule is CONC(=O)CC[N+]1=C(N)NC23C1[C@H](CO)NC(N)=[N+]2C[C@@H](O)C3(O)O. The average molecular weight is 375 g/mol. The van der Waals surface area contributed by atoms with E-state index in [1.807, 2.05) is 0 Å². The number of hydrogen-bond acceptors (Lipinski definition) is 10. The monoisotopic (exact) mass is 375 g/mol. The molecule has 0 saturated carbocycles. The average Bonchev–Trinajstić information content (AvgIpc) is 2.98. The molecule has 4 atom stereocenters. The number of nitrogens with two attached hydrogens (primary N) is 2. The summed E-state index contributed by atoms with van der Waals surface area (Å²) in [4.78, 5) is 16.3. The summed E-state index contributed by atoms with van der Waals surface area (Å²) in [5.41, 5.74) is 12.5. The first kappa shape index (κ1) is 18.6. The first-order valence-corrected chi connectivity index (χ1v) is 8.10. The van der Waals surface area contributed by atoms with Crippen molar-refractivity contribution in [3.8, 4) is 0 Å². The van der Waals surface area contributed by atoms with Crippen molar-refractivity contribution in [1.29, 1.82) is 0 Å². The molecule has 3 rings (SSSR count). The summed E-state index contributed by atoms with van der Waals surface area (Å²) in [5, 5.41) is 47.0. The second-order valence-electron chi connectivity index (χ2n) is 6.57. The van der Waals surface area contributed by atoms with Crippen molar-refractivity contribution in [3.63, 3.8) is 0 Å². The van der Waals surface area contributed by atoms with E-state index in [1.54, 1.807) is 0 Å². The van der Waals surface area contributed by atoms with E-state index < -0.39 is 42.2 Å². The van der Waals surface area contributed by atoms with Gasteiger partial charge in [-0.05, 0) is 0 Å². The number of rotatable bonds is 5. The van der Waals surface area contributed by atoms with E-state index in [0.29, 0.717) is 0 Å². The molecule has 13 heteroatoms. The minimum absolute atomic E-state index is 0.00739. The summed E-state index contributed by atoms with van der Waals surface area (Å²) in [6, 6.07) is -1.59. The molecule has 3 heterocycles. The van der Waals surface area contributed by atoms with Crippen LogP contribution in [-0.2, 0) is 9.63 Å². The third kappa shape index (κ3) is 2.32. The van der Waals surface area contributed by atoms with Crippen LogP contribution in [0.5, 0.6) is 0 Å².